The maximum Gasteiger partial charge on any atom is 0.234 e. The number of amides is 1. The van der Waals surface area contributed by atoms with E-state index in [9.17, 15) is 4.79 Å². The van der Waals surface area contributed by atoms with Gasteiger partial charge in [0.2, 0.25) is 5.91 Å². The van der Waals surface area contributed by atoms with E-state index in [1.54, 1.807) is 7.11 Å². The van der Waals surface area contributed by atoms with E-state index in [4.69, 9.17) is 11.2 Å². The van der Waals surface area contributed by atoms with E-state index in [2.05, 4.69) is 16.6 Å². The molecule has 102 valence electrons. The van der Waals surface area contributed by atoms with Crippen molar-refractivity contribution in [1.29, 1.82) is 0 Å². The lowest BCUT2D eigenvalue weighted by atomic mass is 10.1. The van der Waals surface area contributed by atoms with Crippen LogP contribution >= 0.6 is 0 Å². The van der Waals surface area contributed by atoms with Crippen LogP contribution < -0.4 is 15.4 Å². The molecule has 1 amide bonds. The molecule has 0 bridgehead atoms. The molecule has 19 heavy (non-hydrogen) atoms. The molecule has 0 aromatic heterocycles. The van der Waals surface area contributed by atoms with Gasteiger partial charge in [-0.2, -0.15) is 0 Å². The molecule has 0 saturated carbocycles. The first-order valence-electron chi connectivity index (χ1n) is 6.22. The molecule has 4 heteroatoms. The minimum Gasteiger partial charge on any atom is -0.496 e. The van der Waals surface area contributed by atoms with Crippen molar-refractivity contribution in [1.82, 2.24) is 10.6 Å². The molecule has 0 heterocycles. The zero-order valence-corrected chi connectivity index (χ0v) is 11.4. The zero-order valence-electron chi connectivity index (χ0n) is 11.4. The van der Waals surface area contributed by atoms with Crippen molar-refractivity contribution in [2.24, 2.45) is 0 Å². The third kappa shape index (κ3) is 5.45. The fraction of sp³-hybridized carbons (Fsp3) is 0.400. The van der Waals surface area contributed by atoms with Gasteiger partial charge in [-0.1, -0.05) is 24.1 Å². The van der Waals surface area contributed by atoms with Crippen LogP contribution in [0.5, 0.6) is 5.75 Å². The molecule has 4 nitrogen and oxygen atoms in total. The van der Waals surface area contributed by atoms with Gasteiger partial charge in [-0.3, -0.25) is 10.1 Å². The van der Waals surface area contributed by atoms with Crippen molar-refractivity contribution in [2.45, 2.75) is 19.4 Å². The summed E-state index contributed by atoms with van der Waals surface area (Å²) in [4.78, 5) is 11.6. The maximum absolute atomic E-state index is 11.6. The van der Waals surface area contributed by atoms with Crippen LogP contribution in [0.2, 0.25) is 0 Å². The van der Waals surface area contributed by atoms with Crippen molar-refractivity contribution >= 4 is 5.91 Å². The average Bonchev–Trinajstić information content (AvgIpc) is 2.39. The number of terminal acetylenes is 1. The highest BCUT2D eigenvalue weighted by Crippen LogP contribution is 2.18. The fourth-order valence-electron chi connectivity index (χ4n) is 1.83. The maximum atomic E-state index is 11.6. The van der Waals surface area contributed by atoms with Gasteiger partial charge in [-0.15, -0.1) is 6.42 Å². The summed E-state index contributed by atoms with van der Waals surface area (Å²) < 4.78 is 5.28. The van der Waals surface area contributed by atoms with E-state index in [-0.39, 0.29) is 18.5 Å². The van der Waals surface area contributed by atoms with Crippen molar-refractivity contribution in [3.8, 4) is 18.1 Å². The smallest absolute Gasteiger partial charge is 0.234 e. The van der Waals surface area contributed by atoms with Gasteiger partial charge >= 0.3 is 0 Å². The summed E-state index contributed by atoms with van der Waals surface area (Å²) in [7, 11) is 1.64. The van der Waals surface area contributed by atoms with E-state index < -0.39 is 0 Å². The Hall–Kier alpha value is -1.99. The second-order valence-corrected chi connectivity index (χ2v) is 4.29. The Balaban J connectivity index is 2.44. The lowest BCUT2D eigenvalue weighted by Crippen LogP contribution is -2.40. The number of hydrogen-bond donors (Lipinski definition) is 2. The SMILES string of the molecule is C#CCNCC(=O)NC(C)Cc1ccccc1OC. The van der Waals surface area contributed by atoms with Gasteiger partial charge in [0, 0.05) is 6.04 Å². The van der Waals surface area contributed by atoms with Crippen LogP contribution in [-0.2, 0) is 11.2 Å². The summed E-state index contributed by atoms with van der Waals surface area (Å²) in [6, 6.07) is 7.84. The standard InChI is InChI=1S/C15H20N2O2/c1-4-9-16-11-15(18)17-12(2)10-13-7-5-6-8-14(13)19-3/h1,5-8,12,16H,9-11H2,2-3H3,(H,17,18). The van der Waals surface area contributed by atoms with E-state index in [1.165, 1.54) is 0 Å². The topological polar surface area (TPSA) is 50.4 Å². The molecule has 1 rings (SSSR count). The Morgan fingerprint density at radius 2 is 2.21 bits per heavy atom. The Labute approximate surface area is 114 Å². The second-order valence-electron chi connectivity index (χ2n) is 4.29. The highest BCUT2D eigenvalue weighted by atomic mass is 16.5. The summed E-state index contributed by atoms with van der Waals surface area (Å²) >= 11 is 0. The van der Waals surface area contributed by atoms with Crippen molar-refractivity contribution < 1.29 is 9.53 Å². The number of methoxy groups -OCH3 is 1. The number of benzene rings is 1. The minimum atomic E-state index is -0.0577. The molecule has 1 unspecified atom stereocenters. The highest BCUT2D eigenvalue weighted by Gasteiger charge is 2.10. The molecule has 2 N–H and O–H groups in total. The number of carbonyl (C=O) groups excluding carboxylic acids is 1. The first kappa shape index (κ1) is 15.1. The first-order valence-corrected chi connectivity index (χ1v) is 6.22. The van der Waals surface area contributed by atoms with Crippen LogP contribution in [0.4, 0.5) is 0 Å². The van der Waals surface area contributed by atoms with E-state index in [0.717, 1.165) is 17.7 Å². The first-order chi connectivity index (χ1) is 9.17. The largest absolute Gasteiger partial charge is 0.496 e. The molecule has 0 fully saturated rings. The number of ether oxygens (including phenoxy) is 1. The van der Waals surface area contributed by atoms with Crippen LogP contribution in [0.3, 0.4) is 0 Å². The van der Waals surface area contributed by atoms with Gasteiger partial charge in [0.25, 0.3) is 0 Å². The number of rotatable bonds is 7. The molecule has 0 aliphatic heterocycles. The lowest BCUT2D eigenvalue weighted by Gasteiger charge is -2.16. The summed E-state index contributed by atoms with van der Waals surface area (Å²) in [5, 5.41) is 5.77. The van der Waals surface area contributed by atoms with Crippen LogP contribution in [0, 0.1) is 12.3 Å². The molecule has 0 radical (unpaired) electrons. The molecule has 1 atom stereocenters. The van der Waals surface area contributed by atoms with E-state index in [0.29, 0.717) is 6.54 Å². The highest BCUT2D eigenvalue weighted by molar-refractivity contribution is 5.78. The fourth-order valence-corrected chi connectivity index (χ4v) is 1.83. The molecular formula is C15H20N2O2. The molecule has 1 aromatic rings. The van der Waals surface area contributed by atoms with Crippen LogP contribution in [0.25, 0.3) is 0 Å². The monoisotopic (exact) mass is 260 g/mol. The Kier molecular flexibility index (Phi) is 6.48. The number of hydrogen-bond acceptors (Lipinski definition) is 3. The third-order valence-corrected chi connectivity index (χ3v) is 2.64. The van der Waals surface area contributed by atoms with Gasteiger partial charge < -0.3 is 10.1 Å². The van der Waals surface area contributed by atoms with Crippen molar-refractivity contribution in [2.75, 3.05) is 20.2 Å². The van der Waals surface area contributed by atoms with Gasteiger partial charge in [0.15, 0.2) is 0 Å². The predicted molar refractivity (Wildman–Crippen MR) is 76.0 cm³/mol. The zero-order chi connectivity index (χ0) is 14.1. The number of nitrogens with one attached hydrogen (secondary N) is 2. The molecule has 0 spiro atoms. The van der Waals surface area contributed by atoms with Crippen LogP contribution in [0.1, 0.15) is 12.5 Å². The Morgan fingerprint density at radius 1 is 1.47 bits per heavy atom. The van der Waals surface area contributed by atoms with Gasteiger partial charge in [0.1, 0.15) is 5.75 Å². The van der Waals surface area contributed by atoms with Crippen molar-refractivity contribution in [3.63, 3.8) is 0 Å². The normalized spacial score (nSPS) is 11.4. The molecule has 0 saturated heterocycles. The third-order valence-electron chi connectivity index (χ3n) is 2.64. The summed E-state index contributed by atoms with van der Waals surface area (Å²) in [6.45, 7) is 2.60. The van der Waals surface area contributed by atoms with E-state index in [1.807, 2.05) is 31.2 Å². The predicted octanol–water partition coefficient (Wildman–Crippen LogP) is 0.965. The summed E-state index contributed by atoms with van der Waals surface area (Å²) in [5.74, 6) is 3.21. The second kappa shape index (κ2) is 8.17. The van der Waals surface area contributed by atoms with Gasteiger partial charge in [0.05, 0.1) is 20.2 Å². The summed E-state index contributed by atoms with van der Waals surface area (Å²) in [6.07, 6.45) is 5.82. The quantitative estimate of drug-likeness (QED) is 0.567. The van der Waals surface area contributed by atoms with Gasteiger partial charge in [-0.25, -0.2) is 0 Å². The Bertz CT molecular complexity index is 452. The van der Waals surface area contributed by atoms with Crippen LogP contribution in [0.15, 0.2) is 24.3 Å². The molecular weight excluding hydrogens is 240 g/mol. The average molecular weight is 260 g/mol. The summed E-state index contributed by atoms with van der Waals surface area (Å²) in [5.41, 5.74) is 1.08. The van der Waals surface area contributed by atoms with Gasteiger partial charge in [-0.05, 0) is 25.0 Å². The molecule has 0 aliphatic rings. The molecule has 1 aromatic carbocycles. The Morgan fingerprint density at radius 3 is 2.89 bits per heavy atom. The van der Waals surface area contributed by atoms with Crippen molar-refractivity contribution in [3.05, 3.63) is 29.8 Å². The number of carbonyl (C=O) groups is 1. The lowest BCUT2D eigenvalue weighted by molar-refractivity contribution is -0.120. The molecule has 0 aliphatic carbocycles. The number of para-hydroxylation sites is 1. The minimum absolute atomic E-state index is 0.0384. The van der Waals surface area contributed by atoms with E-state index >= 15 is 0 Å². The van der Waals surface area contributed by atoms with Crippen LogP contribution in [-0.4, -0.2) is 32.1 Å².